The summed E-state index contributed by atoms with van der Waals surface area (Å²) in [4.78, 5) is 32.1. The lowest BCUT2D eigenvalue weighted by molar-refractivity contribution is -0.385. The molecule has 0 radical (unpaired) electrons. The number of nitro groups is 1. The van der Waals surface area contributed by atoms with E-state index in [1.807, 2.05) is 0 Å². The second-order valence-electron chi connectivity index (χ2n) is 3.17. The number of hydrogen-bond donors (Lipinski definition) is 0. The lowest BCUT2D eigenvalue weighted by atomic mass is 10.0. The van der Waals surface area contributed by atoms with Gasteiger partial charge in [-0.15, -0.1) is 0 Å². The van der Waals surface area contributed by atoms with Gasteiger partial charge in [-0.25, -0.2) is 4.79 Å². The van der Waals surface area contributed by atoms with Crippen LogP contribution in [0.25, 0.3) is 0 Å². The van der Waals surface area contributed by atoms with Gasteiger partial charge in [-0.1, -0.05) is 0 Å². The second kappa shape index (κ2) is 5.54. The fraction of sp³-hybridized carbons (Fsp3) is 0.182. The molecule has 18 heavy (non-hydrogen) atoms. The number of nitriles is 1. The Morgan fingerprint density at radius 2 is 2.28 bits per heavy atom. The highest BCUT2D eigenvalue weighted by Crippen LogP contribution is 2.24. The van der Waals surface area contributed by atoms with E-state index >= 15 is 0 Å². The van der Waals surface area contributed by atoms with Gasteiger partial charge in [0.2, 0.25) is 0 Å². The number of ether oxygens (including phenoxy) is 1. The van der Waals surface area contributed by atoms with Crippen molar-refractivity contribution in [3.63, 3.8) is 0 Å². The number of aldehydes is 1. The van der Waals surface area contributed by atoms with E-state index in [0.29, 0.717) is 0 Å². The zero-order valence-corrected chi connectivity index (χ0v) is 9.37. The van der Waals surface area contributed by atoms with Crippen LogP contribution in [0.15, 0.2) is 12.1 Å². The van der Waals surface area contributed by atoms with Gasteiger partial charge in [0, 0.05) is 0 Å². The van der Waals surface area contributed by atoms with Crippen LogP contribution < -0.4 is 0 Å². The van der Waals surface area contributed by atoms with Gasteiger partial charge in [-0.05, 0) is 19.1 Å². The van der Waals surface area contributed by atoms with E-state index in [1.165, 1.54) is 0 Å². The molecule has 1 aromatic carbocycles. The molecule has 0 N–H and O–H groups in total. The molecule has 1 aromatic rings. The molecule has 0 aliphatic heterocycles. The van der Waals surface area contributed by atoms with Crippen molar-refractivity contribution in [1.29, 1.82) is 5.26 Å². The van der Waals surface area contributed by atoms with Crippen LogP contribution in [0.2, 0.25) is 0 Å². The molecule has 0 aliphatic carbocycles. The van der Waals surface area contributed by atoms with Crippen LogP contribution in [0.5, 0.6) is 0 Å². The van der Waals surface area contributed by atoms with Crippen molar-refractivity contribution >= 4 is 17.9 Å². The third-order valence-electron chi connectivity index (χ3n) is 2.08. The first-order chi connectivity index (χ1) is 8.54. The molecule has 0 amide bonds. The highest BCUT2D eigenvalue weighted by Gasteiger charge is 2.23. The molecule has 0 saturated carbocycles. The predicted octanol–water partition coefficient (Wildman–Crippen LogP) is 1.46. The van der Waals surface area contributed by atoms with Crippen molar-refractivity contribution in [2.24, 2.45) is 0 Å². The normalized spacial score (nSPS) is 9.33. The highest BCUT2D eigenvalue weighted by atomic mass is 16.6. The molecular formula is C11H8N2O5. The number of esters is 1. The van der Waals surface area contributed by atoms with Crippen molar-refractivity contribution in [3.05, 3.63) is 38.9 Å². The molecule has 7 nitrogen and oxygen atoms in total. The van der Waals surface area contributed by atoms with Crippen LogP contribution in [-0.2, 0) is 4.74 Å². The summed E-state index contributed by atoms with van der Waals surface area (Å²) in [5, 5.41) is 19.5. The fourth-order valence-corrected chi connectivity index (χ4v) is 1.37. The average molecular weight is 248 g/mol. The molecule has 0 fully saturated rings. The predicted molar refractivity (Wildman–Crippen MR) is 59.2 cm³/mol. The van der Waals surface area contributed by atoms with E-state index in [2.05, 4.69) is 0 Å². The summed E-state index contributed by atoms with van der Waals surface area (Å²) in [5.74, 6) is -0.744. The molecule has 0 atom stereocenters. The van der Waals surface area contributed by atoms with Crippen molar-refractivity contribution in [3.8, 4) is 6.07 Å². The largest absolute Gasteiger partial charge is 0.462 e. The molecule has 1 rings (SSSR count). The van der Waals surface area contributed by atoms with Gasteiger partial charge in [0.15, 0.2) is 6.29 Å². The SMILES string of the molecule is CCOC(=O)c1cc(C#N)c([N+](=O)[O-])c(C=O)c1. The van der Waals surface area contributed by atoms with Gasteiger partial charge in [-0.2, -0.15) is 5.26 Å². The molecule has 92 valence electrons. The summed E-state index contributed by atoms with van der Waals surface area (Å²) in [6.07, 6.45) is 0.224. The Balaban J connectivity index is 3.45. The van der Waals surface area contributed by atoms with Gasteiger partial charge in [0.25, 0.3) is 5.69 Å². The first kappa shape index (κ1) is 13.3. The zero-order valence-electron chi connectivity index (χ0n) is 9.37. The van der Waals surface area contributed by atoms with Crippen LogP contribution in [0, 0.1) is 21.4 Å². The average Bonchev–Trinajstić information content (AvgIpc) is 2.36. The number of nitrogens with zero attached hydrogens (tertiary/aromatic N) is 2. The third kappa shape index (κ3) is 2.49. The van der Waals surface area contributed by atoms with Crippen LogP contribution in [0.3, 0.4) is 0 Å². The Morgan fingerprint density at radius 1 is 1.61 bits per heavy atom. The highest BCUT2D eigenvalue weighted by molar-refractivity contribution is 5.94. The van der Waals surface area contributed by atoms with Crippen molar-refractivity contribution < 1.29 is 19.2 Å². The Kier molecular flexibility index (Phi) is 4.10. The topological polar surface area (TPSA) is 110 Å². The molecule has 0 aromatic heterocycles. The van der Waals surface area contributed by atoms with Crippen LogP contribution in [0.4, 0.5) is 5.69 Å². The summed E-state index contributed by atoms with van der Waals surface area (Å²) in [7, 11) is 0. The summed E-state index contributed by atoms with van der Waals surface area (Å²) in [6.45, 7) is 1.71. The third-order valence-corrected chi connectivity index (χ3v) is 2.08. The van der Waals surface area contributed by atoms with Crippen LogP contribution >= 0.6 is 0 Å². The van der Waals surface area contributed by atoms with E-state index in [4.69, 9.17) is 10.00 Å². The minimum absolute atomic E-state index is 0.0684. The van der Waals surface area contributed by atoms with E-state index in [0.717, 1.165) is 12.1 Å². The van der Waals surface area contributed by atoms with Crippen LogP contribution in [-0.4, -0.2) is 23.8 Å². The summed E-state index contributed by atoms with van der Waals surface area (Å²) in [6, 6.07) is 3.64. The monoisotopic (exact) mass is 248 g/mol. The number of carbonyl (C=O) groups excluding carboxylic acids is 2. The fourth-order valence-electron chi connectivity index (χ4n) is 1.37. The molecule has 7 heteroatoms. The van der Waals surface area contributed by atoms with Gasteiger partial charge in [0.1, 0.15) is 11.6 Å². The first-order valence-corrected chi connectivity index (χ1v) is 4.90. The minimum atomic E-state index is -0.836. The Hall–Kier alpha value is -2.75. The lowest BCUT2D eigenvalue weighted by Crippen LogP contribution is -2.08. The summed E-state index contributed by atoms with van der Waals surface area (Å²) < 4.78 is 4.69. The second-order valence-corrected chi connectivity index (χ2v) is 3.17. The Morgan fingerprint density at radius 3 is 2.72 bits per heavy atom. The standard InChI is InChI=1S/C11H8N2O5/c1-2-18-11(15)7-3-8(5-12)10(13(16)17)9(4-7)6-14/h3-4,6H,2H2,1H3. The smallest absolute Gasteiger partial charge is 0.338 e. The van der Waals surface area contributed by atoms with Gasteiger partial charge >= 0.3 is 5.97 Å². The van der Waals surface area contributed by atoms with Crippen molar-refractivity contribution in [2.75, 3.05) is 6.61 Å². The van der Waals surface area contributed by atoms with Crippen LogP contribution in [0.1, 0.15) is 33.2 Å². The van der Waals surface area contributed by atoms with Gasteiger partial charge in [0.05, 0.1) is 22.7 Å². The number of benzene rings is 1. The quantitative estimate of drug-likeness (QED) is 0.345. The van der Waals surface area contributed by atoms with Crippen molar-refractivity contribution in [1.82, 2.24) is 0 Å². The van der Waals surface area contributed by atoms with E-state index < -0.39 is 16.6 Å². The molecule has 0 spiro atoms. The molecule has 0 unspecified atom stereocenters. The summed E-state index contributed by atoms with van der Waals surface area (Å²) >= 11 is 0. The molecule has 0 aliphatic rings. The Labute approximate surface area is 102 Å². The van der Waals surface area contributed by atoms with Gasteiger partial charge < -0.3 is 4.74 Å². The van der Waals surface area contributed by atoms with Gasteiger partial charge in [-0.3, -0.25) is 14.9 Å². The first-order valence-electron chi connectivity index (χ1n) is 4.90. The zero-order chi connectivity index (χ0) is 13.7. The lowest BCUT2D eigenvalue weighted by Gasteiger charge is -2.04. The maximum atomic E-state index is 11.4. The molecule has 0 heterocycles. The molecule has 0 saturated heterocycles. The number of carbonyl (C=O) groups is 2. The van der Waals surface area contributed by atoms with E-state index in [-0.39, 0.29) is 29.6 Å². The number of hydrogen-bond acceptors (Lipinski definition) is 6. The van der Waals surface area contributed by atoms with Crippen molar-refractivity contribution in [2.45, 2.75) is 6.92 Å². The maximum absolute atomic E-state index is 11.4. The minimum Gasteiger partial charge on any atom is -0.462 e. The molecule has 0 bridgehead atoms. The summed E-state index contributed by atoms with van der Waals surface area (Å²) in [5.41, 5.74) is -1.36. The maximum Gasteiger partial charge on any atom is 0.338 e. The van der Waals surface area contributed by atoms with E-state index in [1.54, 1.807) is 13.0 Å². The molecular weight excluding hydrogens is 240 g/mol. The van der Waals surface area contributed by atoms with E-state index in [9.17, 15) is 19.7 Å². The number of nitro benzene ring substituents is 1. The Bertz CT molecular complexity index is 559. The number of rotatable bonds is 4.